The molecule has 0 unspecified atom stereocenters. The van der Waals surface area contributed by atoms with Crippen LogP contribution in [-0.4, -0.2) is 5.78 Å². The highest BCUT2D eigenvalue weighted by molar-refractivity contribution is 5.97. The van der Waals surface area contributed by atoms with Crippen molar-refractivity contribution in [2.75, 3.05) is 0 Å². The van der Waals surface area contributed by atoms with Crippen LogP contribution in [0.4, 0.5) is 8.78 Å². The van der Waals surface area contributed by atoms with Crippen LogP contribution in [-0.2, 0) is 0 Å². The summed E-state index contributed by atoms with van der Waals surface area (Å²) >= 11 is 0. The van der Waals surface area contributed by atoms with Crippen LogP contribution < -0.4 is 0 Å². The lowest BCUT2D eigenvalue weighted by atomic mass is 10.0. The van der Waals surface area contributed by atoms with E-state index in [0.29, 0.717) is 0 Å². The normalized spacial score (nSPS) is 10.5. The summed E-state index contributed by atoms with van der Waals surface area (Å²) in [5.74, 6) is -2.30. The second-order valence-corrected chi connectivity index (χ2v) is 3.15. The molecular weight excluding hydrogens is 174 g/mol. The molecule has 0 radical (unpaired) electrons. The fraction of sp³-hybridized carbons (Fsp3) is 0.300. The van der Waals surface area contributed by atoms with Gasteiger partial charge in [-0.15, -0.1) is 0 Å². The second kappa shape index (κ2) is 3.64. The minimum Gasteiger partial charge on any atom is -0.294 e. The molecule has 3 heteroatoms. The van der Waals surface area contributed by atoms with Crippen molar-refractivity contribution < 1.29 is 13.6 Å². The van der Waals surface area contributed by atoms with Crippen LogP contribution in [0.2, 0.25) is 0 Å². The number of carbonyl (C=O) groups excluding carboxylic acids is 1. The van der Waals surface area contributed by atoms with E-state index in [4.69, 9.17) is 0 Å². The summed E-state index contributed by atoms with van der Waals surface area (Å²) in [7, 11) is 0. The summed E-state index contributed by atoms with van der Waals surface area (Å²) in [5, 5.41) is 0. The summed E-state index contributed by atoms with van der Waals surface area (Å²) in [6.45, 7) is 3.42. The van der Waals surface area contributed by atoms with Crippen LogP contribution in [0.15, 0.2) is 18.2 Å². The molecule has 0 aliphatic heterocycles. The predicted octanol–water partition coefficient (Wildman–Crippen LogP) is 2.80. The number of hydrogen-bond donors (Lipinski definition) is 0. The van der Waals surface area contributed by atoms with Crippen molar-refractivity contribution in [1.82, 2.24) is 0 Å². The maximum atomic E-state index is 12.7. The van der Waals surface area contributed by atoms with Crippen LogP contribution in [0.25, 0.3) is 0 Å². The van der Waals surface area contributed by atoms with E-state index in [9.17, 15) is 13.6 Å². The standard InChI is InChI=1S/C10H10F2O/c1-6(2)10(13)7-3-4-8(11)9(12)5-7/h3-6H,1-2H3. The fourth-order valence-corrected chi connectivity index (χ4v) is 0.983. The van der Waals surface area contributed by atoms with Gasteiger partial charge in [0.15, 0.2) is 17.4 Å². The van der Waals surface area contributed by atoms with Gasteiger partial charge >= 0.3 is 0 Å². The van der Waals surface area contributed by atoms with Gasteiger partial charge in [0.25, 0.3) is 0 Å². The molecular formula is C10H10F2O. The van der Waals surface area contributed by atoms with Gasteiger partial charge in [0, 0.05) is 11.5 Å². The first-order chi connectivity index (χ1) is 6.02. The molecule has 70 valence electrons. The van der Waals surface area contributed by atoms with Gasteiger partial charge in [0.2, 0.25) is 0 Å². The lowest BCUT2D eigenvalue weighted by molar-refractivity contribution is 0.0939. The Morgan fingerprint density at radius 3 is 2.31 bits per heavy atom. The molecule has 1 aromatic rings. The van der Waals surface area contributed by atoms with Crippen molar-refractivity contribution in [3.63, 3.8) is 0 Å². The Labute approximate surface area is 75.4 Å². The van der Waals surface area contributed by atoms with Gasteiger partial charge in [0.05, 0.1) is 0 Å². The van der Waals surface area contributed by atoms with Crippen LogP contribution in [0.1, 0.15) is 24.2 Å². The molecule has 0 heterocycles. The summed E-state index contributed by atoms with van der Waals surface area (Å²) < 4.78 is 25.2. The molecule has 0 atom stereocenters. The molecule has 0 N–H and O–H groups in total. The Balaban J connectivity index is 3.04. The highest BCUT2D eigenvalue weighted by atomic mass is 19.2. The van der Waals surface area contributed by atoms with Crippen molar-refractivity contribution in [1.29, 1.82) is 0 Å². The van der Waals surface area contributed by atoms with E-state index in [1.807, 2.05) is 0 Å². The number of hydrogen-bond acceptors (Lipinski definition) is 1. The van der Waals surface area contributed by atoms with Crippen molar-refractivity contribution in [3.05, 3.63) is 35.4 Å². The van der Waals surface area contributed by atoms with E-state index in [-0.39, 0.29) is 17.3 Å². The van der Waals surface area contributed by atoms with Crippen LogP contribution in [0.3, 0.4) is 0 Å². The van der Waals surface area contributed by atoms with E-state index >= 15 is 0 Å². The molecule has 13 heavy (non-hydrogen) atoms. The molecule has 0 saturated heterocycles. The molecule has 0 aliphatic carbocycles. The molecule has 1 nitrogen and oxygen atoms in total. The Bertz CT molecular complexity index is 332. The predicted molar refractivity (Wildman–Crippen MR) is 45.5 cm³/mol. The Kier molecular flexibility index (Phi) is 2.76. The van der Waals surface area contributed by atoms with E-state index in [1.54, 1.807) is 13.8 Å². The average molecular weight is 184 g/mol. The largest absolute Gasteiger partial charge is 0.294 e. The zero-order chi connectivity index (χ0) is 10.0. The third-order valence-corrected chi connectivity index (χ3v) is 1.73. The summed E-state index contributed by atoms with van der Waals surface area (Å²) in [6, 6.07) is 3.18. The maximum absolute atomic E-state index is 12.7. The lowest BCUT2D eigenvalue weighted by Crippen LogP contribution is -2.07. The number of halogens is 2. The van der Waals surface area contributed by atoms with Crippen molar-refractivity contribution >= 4 is 5.78 Å². The number of benzene rings is 1. The van der Waals surface area contributed by atoms with Gasteiger partial charge in [-0.2, -0.15) is 0 Å². The SMILES string of the molecule is CC(C)C(=O)c1ccc(F)c(F)c1. The molecule has 0 aromatic heterocycles. The highest BCUT2D eigenvalue weighted by Crippen LogP contribution is 2.12. The smallest absolute Gasteiger partial charge is 0.165 e. The molecule has 0 bridgehead atoms. The highest BCUT2D eigenvalue weighted by Gasteiger charge is 2.12. The van der Waals surface area contributed by atoms with Crippen molar-refractivity contribution in [3.8, 4) is 0 Å². The van der Waals surface area contributed by atoms with Gasteiger partial charge in [-0.25, -0.2) is 8.78 Å². The van der Waals surface area contributed by atoms with Gasteiger partial charge in [-0.3, -0.25) is 4.79 Å². The van der Waals surface area contributed by atoms with Crippen LogP contribution >= 0.6 is 0 Å². The molecule has 0 amide bonds. The minimum atomic E-state index is -0.980. The molecule has 0 saturated carbocycles. The van der Waals surface area contributed by atoms with E-state index < -0.39 is 11.6 Å². The number of carbonyl (C=O) groups is 1. The summed E-state index contributed by atoms with van der Waals surface area (Å²) in [6.07, 6.45) is 0. The Morgan fingerprint density at radius 1 is 1.23 bits per heavy atom. The molecule has 1 aromatic carbocycles. The Hall–Kier alpha value is -1.25. The van der Waals surface area contributed by atoms with Crippen LogP contribution in [0, 0.1) is 17.6 Å². The average Bonchev–Trinajstić information content (AvgIpc) is 2.08. The van der Waals surface area contributed by atoms with Crippen molar-refractivity contribution in [2.24, 2.45) is 5.92 Å². The zero-order valence-electron chi connectivity index (χ0n) is 7.47. The monoisotopic (exact) mass is 184 g/mol. The Morgan fingerprint density at radius 2 is 1.85 bits per heavy atom. The van der Waals surface area contributed by atoms with Crippen molar-refractivity contribution in [2.45, 2.75) is 13.8 Å². The van der Waals surface area contributed by atoms with Gasteiger partial charge in [-0.1, -0.05) is 13.8 Å². The topological polar surface area (TPSA) is 17.1 Å². The first-order valence-electron chi connectivity index (χ1n) is 4.01. The maximum Gasteiger partial charge on any atom is 0.165 e. The van der Waals surface area contributed by atoms with Crippen LogP contribution in [0.5, 0.6) is 0 Å². The summed E-state index contributed by atoms with van der Waals surface area (Å²) in [5.41, 5.74) is 0.217. The zero-order valence-corrected chi connectivity index (χ0v) is 7.47. The quantitative estimate of drug-likeness (QED) is 0.646. The van der Waals surface area contributed by atoms with Gasteiger partial charge in [0.1, 0.15) is 0 Å². The number of Topliss-reactive ketones (excluding diaryl/α,β-unsaturated/α-hetero) is 1. The summed E-state index contributed by atoms with van der Waals surface area (Å²) in [4.78, 5) is 11.3. The molecule has 0 fully saturated rings. The lowest BCUT2D eigenvalue weighted by Gasteiger charge is -2.03. The van der Waals surface area contributed by atoms with E-state index in [0.717, 1.165) is 12.1 Å². The number of rotatable bonds is 2. The van der Waals surface area contributed by atoms with Gasteiger partial charge < -0.3 is 0 Å². The third-order valence-electron chi connectivity index (χ3n) is 1.73. The van der Waals surface area contributed by atoms with E-state index in [2.05, 4.69) is 0 Å². The molecule has 0 spiro atoms. The first-order valence-corrected chi connectivity index (χ1v) is 4.01. The molecule has 1 rings (SSSR count). The number of ketones is 1. The van der Waals surface area contributed by atoms with Gasteiger partial charge in [-0.05, 0) is 18.2 Å². The second-order valence-electron chi connectivity index (χ2n) is 3.15. The molecule has 0 aliphatic rings. The van der Waals surface area contributed by atoms with E-state index in [1.165, 1.54) is 6.07 Å². The minimum absolute atomic E-state index is 0.182. The third kappa shape index (κ3) is 2.11. The fourth-order valence-electron chi connectivity index (χ4n) is 0.983. The first kappa shape index (κ1) is 9.84.